The molecule has 2 rings (SSSR count). The lowest BCUT2D eigenvalue weighted by Crippen LogP contribution is -2.07. The highest BCUT2D eigenvalue weighted by Gasteiger charge is 2.12. The van der Waals surface area contributed by atoms with Crippen molar-refractivity contribution in [3.05, 3.63) is 51.7 Å². The number of carbonyl (C=O) groups excluding carboxylic acids is 1. The van der Waals surface area contributed by atoms with Crippen molar-refractivity contribution in [2.75, 3.05) is 12.5 Å². The van der Waals surface area contributed by atoms with E-state index in [2.05, 4.69) is 0 Å². The lowest BCUT2D eigenvalue weighted by molar-refractivity contribution is -0.0377. The summed E-state index contributed by atoms with van der Waals surface area (Å²) in [5.41, 5.74) is 7.33. The summed E-state index contributed by atoms with van der Waals surface area (Å²) in [7, 11) is 0. The maximum Gasteiger partial charge on any atom is 0.350 e. The number of anilines is 1. The molecule has 0 amide bonds. The third-order valence-electron chi connectivity index (χ3n) is 2.54. The van der Waals surface area contributed by atoms with E-state index in [9.17, 15) is 4.79 Å². The molecule has 0 aliphatic heterocycles. The number of hydrogen-bond donors (Lipinski definition) is 1. The fraction of sp³-hybridized carbons (Fsp3) is 0.214. The molecule has 1 aromatic carbocycles. The maximum atomic E-state index is 11.7. The Kier molecular flexibility index (Phi) is 4.54. The fourth-order valence-electron chi connectivity index (χ4n) is 1.50. The smallest absolute Gasteiger partial charge is 0.350 e. The van der Waals surface area contributed by atoms with Gasteiger partial charge in [0.1, 0.15) is 4.88 Å². The third kappa shape index (κ3) is 3.81. The van der Waals surface area contributed by atoms with Gasteiger partial charge in [-0.2, -0.15) is 0 Å². The van der Waals surface area contributed by atoms with Crippen molar-refractivity contribution < 1.29 is 14.3 Å². The molecule has 5 heteroatoms. The van der Waals surface area contributed by atoms with Gasteiger partial charge < -0.3 is 15.2 Å². The minimum Gasteiger partial charge on any atom is -0.434 e. The number of thiophene rings is 1. The summed E-state index contributed by atoms with van der Waals surface area (Å²) < 4.78 is 10.3. The Hall–Kier alpha value is -1.85. The molecule has 0 aliphatic rings. The largest absolute Gasteiger partial charge is 0.434 e. The van der Waals surface area contributed by atoms with Gasteiger partial charge in [-0.3, -0.25) is 0 Å². The van der Waals surface area contributed by atoms with E-state index in [1.165, 1.54) is 11.3 Å². The van der Waals surface area contributed by atoms with E-state index in [4.69, 9.17) is 15.2 Å². The number of aryl methyl sites for hydroxylation is 1. The summed E-state index contributed by atoms with van der Waals surface area (Å²) in [6.07, 6.45) is 0. The second kappa shape index (κ2) is 6.36. The second-order valence-corrected chi connectivity index (χ2v) is 5.26. The van der Waals surface area contributed by atoms with Gasteiger partial charge in [0.05, 0.1) is 6.61 Å². The van der Waals surface area contributed by atoms with Crippen molar-refractivity contribution in [3.63, 3.8) is 0 Å². The Labute approximate surface area is 115 Å². The molecule has 0 fully saturated rings. The number of hydrogen-bond acceptors (Lipinski definition) is 5. The van der Waals surface area contributed by atoms with Crippen LogP contribution in [0.25, 0.3) is 0 Å². The van der Waals surface area contributed by atoms with Gasteiger partial charge in [0.2, 0.25) is 0 Å². The number of ether oxygens (including phenoxy) is 2. The number of nitrogens with two attached hydrogens (primary N) is 1. The first kappa shape index (κ1) is 13.6. The van der Waals surface area contributed by atoms with Gasteiger partial charge in [0.15, 0.2) is 6.79 Å². The van der Waals surface area contributed by atoms with Gasteiger partial charge in [-0.1, -0.05) is 30.3 Å². The van der Waals surface area contributed by atoms with E-state index in [0.717, 1.165) is 10.4 Å². The summed E-state index contributed by atoms with van der Waals surface area (Å²) in [5.74, 6) is -0.405. The SMILES string of the molecule is Cc1sc(C(=O)OCOCc2ccccc2)cc1N. The highest BCUT2D eigenvalue weighted by atomic mass is 32.1. The van der Waals surface area contributed by atoms with Crippen LogP contribution < -0.4 is 5.73 Å². The minimum absolute atomic E-state index is 0.0649. The summed E-state index contributed by atoms with van der Waals surface area (Å²) in [6.45, 7) is 2.22. The lowest BCUT2D eigenvalue weighted by Gasteiger charge is -2.05. The molecule has 19 heavy (non-hydrogen) atoms. The van der Waals surface area contributed by atoms with Crippen molar-refractivity contribution in [1.82, 2.24) is 0 Å². The van der Waals surface area contributed by atoms with Gasteiger partial charge in [-0.05, 0) is 18.6 Å². The Morgan fingerprint density at radius 1 is 1.32 bits per heavy atom. The number of carbonyl (C=O) groups is 1. The van der Waals surface area contributed by atoms with Crippen molar-refractivity contribution in [1.29, 1.82) is 0 Å². The van der Waals surface area contributed by atoms with E-state index < -0.39 is 5.97 Å². The Balaban J connectivity index is 1.75. The molecule has 4 nitrogen and oxygen atoms in total. The van der Waals surface area contributed by atoms with Crippen LogP contribution in [-0.4, -0.2) is 12.8 Å². The molecule has 1 heterocycles. The first-order valence-corrected chi connectivity index (χ1v) is 6.63. The summed E-state index contributed by atoms with van der Waals surface area (Å²) in [4.78, 5) is 13.1. The monoisotopic (exact) mass is 277 g/mol. The molecule has 100 valence electrons. The van der Waals surface area contributed by atoms with Crippen LogP contribution >= 0.6 is 11.3 Å². The van der Waals surface area contributed by atoms with Crippen molar-refractivity contribution in [2.24, 2.45) is 0 Å². The van der Waals surface area contributed by atoms with Crippen LogP contribution in [0.4, 0.5) is 5.69 Å². The van der Waals surface area contributed by atoms with Gasteiger partial charge >= 0.3 is 5.97 Å². The van der Waals surface area contributed by atoms with Crippen LogP contribution in [0.15, 0.2) is 36.4 Å². The molecule has 0 aliphatic carbocycles. The van der Waals surface area contributed by atoms with Gasteiger partial charge in [0.25, 0.3) is 0 Å². The van der Waals surface area contributed by atoms with E-state index in [-0.39, 0.29) is 6.79 Å². The van der Waals surface area contributed by atoms with Crippen LogP contribution in [0, 0.1) is 6.92 Å². The third-order valence-corrected chi connectivity index (χ3v) is 3.59. The zero-order valence-electron chi connectivity index (χ0n) is 10.6. The zero-order chi connectivity index (χ0) is 13.7. The van der Waals surface area contributed by atoms with Crippen molar-refractivity contribution in [3.8, 4) is 0 Å². The summed E-state index contributed by atoms with van der Waals surface area (Å²) in [6, 6.07) is 11.3. The van der Waals surface area contributed by atoms with E-state index in [1.54, 1.807) is 6.07 Å². The summed E-state index contributed by atoms with van der Waals surface area (Å²) >= 11 is 1.32. The second-order valence-electron chi connectivity index (χ2n) is 4.01. The van der Waals surface area contributed by atoms with E-state index in [0.29, 0.717) is 17.2 Å². The first-order chi connectivity index (χ1) is 9.16. The Morgan fingerprint density at radius 3 is 2.68 bits per heavy atom. The minimum atomic E-state index is -0.405. The predicted octanol–water partition coefficient (Wildman–Crippen LogP) is 2.97. The molecule has 2 aromatic rings. The molecule has 2 N–H and O–H groups in total. The van der Waals surface area contributed by atoms with Crippen LogP contribution in [0.1, 0.15) is 20.1 Å². The molecule has 0 saturated heterocycles. The molecular formula is C14H15NO3S. The molecule has 0 unspecified atom stereocenters. The van der Waals surface area contributed by atoms with Crippen LogP contribution in [0.2, 0.25) is 0 Å². The Bertz CT molecular complexity index is 532. The number of rotatable bonds is 5. The normalized spacial score (nSPS) is 10.4. The predicted molar refractivity (Wildman–Crippen MR) is 75.0 cm³/mol. The molecule has 0 bridgehead atoms. The van der Waals surface area contributed by atoms with E-state index in [1.807, 2.05) is 37.3 Å². The molecular weight excluding hydrogens is 262 g/mol. The topological polar surface area (TPSA) is 61.5 Å². The molecule has 0 radical (unpaired) electrons. The standard InChI is InChI=1S/C14H15NO3S/c1-10-12(15)7-13(19-10)14(16)18-9-17-8-11-5-3-2-4-6-11/h2-7H,8-9,15H2,1H3. The average molecular weight is 277 g/mol. The Morgan fingerprint density at radius 2 is 2.05 bits per heavy atom. The number of benzene rings is 1. The summed E-state index contributed by atoms with van der Waals surface area (Å²) in [5, 5.41) is 0. The highest BCUT2D eigenvalue weighted by molar-refractivity contribution is 7.14. The van der Waals surface area contributed by atoms with Gasteiger partial charge in [-0.15, -0.1) is 11.3 Å². The quantitative estimate of drug-likeness (QED) is 0.518. The van der Waals surface area contributed by atoms with Crippen molar-refractivity contribution >= 4 is 23.0 Å². The molecule has 0 saturated carbocycles. The van der Waals surface area contributed by atoms with Crippen LogP contribution in [0.3, 0.4) is 0 Å². The number of esters is 1. The van der Waals surface area contributed by atoms with Crippen molar-refractivity contribution in [2.45, 2.75) is 13.5 Å². The molecule has 1 aromatic heterocycles. The van der Waals surface area contributed by atoms with E-state index >= 15 is 0 Å². The van der Waals surface area contributed by atoms with Gasteiger partial charge in [0, 0.05) is 10.6 Å². The number of nitrogen functional groups attached to an aromatic ring is 1. The van der Waals surface area contributed by atoms with Crippen LogP contribution in [0.5, 0.6) is 0 Å². The average Bonchev–Trinajstić information content (AvgIpc) is 2.76. The van der Waals surface area contributed by atoms with Gasteiger partial charge in [-0.25, -0.2) is 4.79 Å². The molecule has 0 spiro atoms. The molecule has 0 atom stereocenters. The maximum absolute atomic E-state index is 11.7. The fourth-order valence-corrected chi connectivity index (χ4v) is 2.33. The first-order valence-electron chi connectivity index (χ1n) is 5.81. The zero-order valence-corrected chi connectivity index (χ0v) is 11.4. The lowest BCUT2D eigenvalue weighted by atomic mass is 10.2. The highest BCUT2D eigenvalue weighted by Crippen LogP contribution is 2.23. The van der Waals surface area contributed by atoms with Crippen LogP contribution in [-0.2, 0) is 16.1 Å².